The molecule has 2 fully saturated rings. The Morgan fingerprint density at radius 3 is 2.52 bits per heavy atom. The number of halogens is 1. The van der Waals surface area contributed by atoms with Crippen molar-refractivity contribution in [2.75, 3.05) is 39.3 Å². The summed E-state index contributed by atoms with van der Waals surface area (Å²) in [4.78, 5) is 13.8. The first-order valence-corrected chi connectivity index (χ1v) is 12.0. The molecule has 2 aromatic heterocycles. The minimum absolute atomic E-state index is 0.550. The standard InChI is InChI=1S/C23H27ClN4O2S/c1-15(2)28-13-16-11-27(12-17(16)14-28)7-8-29-19-3-5-20(6-4-19)30-23-26-22-21(31-23)9-18(24)10-25-22/h3-6,9-10,15-17H,7-8,11-14H2,1-2H3. The molecule has 3 aromatic rings. The molecule has 0 spiro atoms. The summed E-state index contributed by atoms with van der Waals surface area (Å²) in [7, 11) is 0. The van der Waals surface area contributed by atoms with Crippen LogP contribution in [0.1, 0.15) is 13.8 Å². The van der Waals surface area contributed by atoms with E-state index in [9.17, 15) is 0 Å². The van der Waals surface area contributed by atoms with Crippen LogP contribution in [0.15, 0.2) is 36.5 Å². The molecule has 2 atom stereocenters. The lowest BCUT2D eigenvalue weighted by atomic mass is 10.0. The fraction of sp³-hybridized carbons (Fsp3) is 0.478. The van der Waals surface area contributed by atoms with E-state index in [0.717, 1.165) is 34.6 Å². The van der Waals surface area contributed by atoms with Crippen LogP contribution in [0.5, 0.6) is 16.7 Å². The molecule has 2 saturated heterocycles. The van der Waals surface area contributed by atoms with Gasteiger partial charge in [0.05, 0.1) is 9.72 Å². The van der Waals surface area contributed by atoms with Gasteiger partial charge in [-0.05, 0) is 56.0 Å². The predicted molar refractivity (Wildman–Crippen MR) is 125 cm³/mol. The van der Waals surface area contributed by atoms with Gasteiger partial charge in [0.2, 0.25) is 0 Å². The average Bonchev–Trinajstić information content (AvgIpc) is 3.41. The Labute approximate surface area is 191 Å². The van der Waals surface area contributed by atoms with Crippen molar-refractivity contribution in [3.8, 4) is 16.7 Å². The maximum Gasteiger partial charge on any atom is 0.281 e. The molecule has 164 valence electrons. The second kappa shape index (κ2) is 8.90. The summed E-state index contributed by atoms with van der Waals surface area (Å²) in [6.45, 7) is 11.2. The number of rotatable bonds is 7. The van der Waals surface area contributed by atoms with Crippen molar-refractivity contribution in [3.05, 3.63) is 41.6 Å². The van der Waals surface area contributed by atoms with Gasteiger partial charge in [-0.1, -0.05) is 22.9 Å². The molecule has 0 N–H and O–H groups in total. The van der Waals surface area contributed by atoms with E-state index in [2.05, 4.69) is 33.6 Å². The predicted octanol–water partition coefficient (Wildman–Crippen LogP) is 4.79. The Kier molecular flexibility index (Phi) is 6.01. The van der Waals surface area contributed by atoms with Crippen molar-refractivity contribution < 1.29 is 9.47 Å². The number of pyridine rings is 1. The van der Waals surface area contributed by atoms with Crippen LogP contribution in [0, 0.1) is 11.8 Å². The number of likely N-dealkylation sites (tertiary alicyclic amines) is 2. The van der Waals surface area contributed by atoms with E-state index in [1.807, 2.05) is 30.3 Å². The number of aromatic nitrogens is 2. The number of nitrogens with zero attached hydrogens (tertiary/aromatic N) is 4. The highest BCUT2D eigenvalue weighted by Crippen LogP contribution is 2.33. The van der Waals surface area contributed by atoms with Gasteiger partial charge in [0.15, 0.2) is 5.65 Å². The second-order valence-corrected chi connectivity index (χ2v) is 10.1. The van der Waals surface area contributed by atoms with Gasteiger partial charge in [0.25, 0.3) is 5.19 Å². The monoisotopic (exact) mass is 458 g/mol. The van der Waals surface area contributed by atoms with E-state index >= 15 is 0 Å². The zero-order chi connectivity index (χ0) is 21.4. The van der Waals surface area contributed by atoms with E-state index < -0.39 is 0 Å². The Bertz CT molecular complexity index is 1030. The molecule has 0 radical (unpaired) electrons. The third-order valence-corrected chi connectivity index (χ3v) is 7.30. The Morgan fingerprint density at radius 1 is 1.10 bits per heavy atom. The van der Waals surface area contributed by atoms with Crippen LogP contribution in [-0.4, -0.2) is 65.1 Å². The molecule has 6 nitrogen and oxygen atoms in total. The van der Waals surface area contributed by atoms with Crippen LogP contribution in [0.3, 0.4) is 0 Å². The van der Waals surface area contributed by atoms with E-state index in [-0.39, 0.29) is 0 Å². The molecule has 0 aliphatic carbocycles. The summed E-state index contributed by atoms with van der Waals surface area (Å²) < 4.78 is 12.7. The number of benzene rings is 1. The Hall–Kier alpha value is -1.93. The second-order valence-electron chi connectivity index (χ2n) is 8.70. The molecule has 2 aliphatic heterocycles. The minimum atomic E-state index is 0.550. The van der Waals surface area contributed by atoms with Crippen molar-refractivity contribution in [3.63, 3.8) is 0 Å². The van der Waals surface area contributed by atoms with Crippen molar-refractivity contribution in [1.29, 1.82) is 0 Å². The van der Waals surface area contributed by atoms with Gasteiger partial charge in [0.1, 0.15) is 18.1 Å². The SMILES string of the molecule is CC(C)N1CC2CN(CCOc3ccc(Oc4nc5ncc(Cl)cc5s4)cc3)CC2C1. The summed E-state index contributed by atoms with van der Waals surface area (Å²) in [5.41, 5.74) is 0.646. The highest BCUT2D eigenvalue weighted by Gasteiger charge is 2.40. The van der Waals surface area contributed by atoms with Crippen molar-refractivity contribution in [1.82, 2.24) is 19.8 Å². The van der Waals surface area contributed by atoms with Gasteiger partial charge >= 0.3 is 0 Å². The molecule has 0 amide bonds. The molecule has 0 saturated carbocycles. The van der Waals surface area contributed by atoms with Gasteiger partial charge in [-0.25, -0.2) is 4.98 Å². The molecule has 4 heterocycles. The van der Waals surface area contributed by atoms with Crippen LogP contribution >= 0.6 is 22.9 Å². The largest absolute Gasteiger partial charge is 0.492 e. The third kappa shape index (κ3) is 4.80. The van der Waals surface area contributed by atoms with Gasteiger partial charge < -0.3 is 14.4 Å². The van der Waals surface area contributed by atoms with Crippen LogP contribution in [0.4, 0.5) is 0 Å². The van der Waals surface area contributed by atoms with Crippen LogP contribution in [0.2, 0.25) is 5.02 Å². The lowest BCUT2D eigenvalue weighted by Gasteiger charge is -2.24. The molecular weight excluding hydrogens is 432 g/mol. The van der Waals surface area contributed by atoms with Gasteiger partial charge in [-0.15, -0.1) is 0 Å². The highest BCUT2D eigenvalue weighted by atomic mass is 35.5. The fourth-order valence-corrected chi connectivity index (χ4v) is 5.60. The smallest absolute Gasteiger partial charge is 0.281 e. The Balaban J connectivity index is 1.09. The highest BCUT2D eigenvalue weighted by molar-refractivity contribution is 7.20. The van der Waals surface area contributed by atoms with E-state index in [1.54, 1.807) is 6.20 Å². The molecule has 2 unspecified atom stereocenters. The first-order valence-electron chi connectivity index (χ1n) is 10.8. The van der Waals surface area contributed by atoms with Crippen molar-refractivity contribution in [2.24, 2.45) is 11.8 Å². The van der Waals surface area contributed by atoms with Crippen LogP contribution < -0.4 is 9.47 Å². The molecule has 31 heavy (non-hydrogen) atoms. The van der Waals surface area contributed by atoms with Crippen LogP contribution in [-0.2, 0) is 0 Å². The summed E-state index contributed by atoms with van der Waals surface area (Å²) in [5.74, 6) is 3.23. The Morgan fingerprint density at radius 2 is 1.81 bits per heavy atom. The van der Waals surface area contributed by atoms with Crippen molar-refractivity contribution >= 4 is 33.3 Å². The first kappa shape index (κ1) is 20.9. The molecule has 1 aromatic carbocycles. The van der Waals surface area contributed by atoms with E-state index in [4.69, 9.17) is 21.1 Å². The van der Waals surface area contributed by atoms with Gasteiger partial charge in [0, 0.05) is 45.0 Å². The lowest BCUT2D eigenvalue weighted by molar-refractivity contribution is 0.198. The lowest BCUT2D eigenvalue weighted by Crippen LogP contribution is -2.34. The maximum absolute atomic E-state index is 5.99. The van der Waals surface area contributed by atoms with Gasteiger partial charge in [-0.2, -0.15) is 4.98 Å². The number of hydrogen-bond donors (Lipinski definition) is 0. The minimum Gasteiger partial charge on any atom is -0.492 e. The number of fused-ring (bicyclic) bond motifs is 2. The average molecular weight is 459 g/mol. The molecular formula is C23H27ClN4O2S. The number of thiazole rings is 1. The fourth-order valence-electron chi connectivity index (χ4n) is 4.55. The van der Waals surface area contributed by atoms with E-state index in [1.165, 1.54) is 37.5 Å². The first-order chi connectivity index (χ1) is 15.0. The van der Waals surface area contributed by atoms with Crippen molar-refractivity contribution in [2.45, 2.75) is 19.9 Å². The summed E-state index contributed by atoms with van der Waals surface area (Å²) >= 11 is 7.41. The molecule has 0 bridgehead atoms. The van der Waals surface area contributed by atoms with E-state index in [0.29, 0.717) is 28.5 Å². The summed E-state index contributed by atoms with van der Waals surface area (Å²) in [6.07, 6.45) is 1.59. The quantitative estimate of drug-likeness (QED) is 0.507. The normalized spacial score (nSPS) is 21.8. The van der Waals surface area contributed by atoms with Crippen LogP contribution in [0.25, 0.3) is 10.3 Å². The van der Waals surface area contributed by atoms with Gasteiger partial charge in [-0.3, -0.25) is 4.90 Å². The molecule has 5 rings (SSSR count). The zero-order valence-electron chi connectivity index (χ0n) is 17.8. The topological polar surface area (TPSA) is 50.7 Å². The summed E-state index contributed by atoms with van der Waals surface area (Å²) in [5, 5.41) is 1.15. The number of ether oxygens (including phenoxy) is 2. The number of hydrogen-bond acceptors (Lipinski definition) is 7. The molecule has 8 heteroatoms. The zero-order valence-corrected chi connectivity index (χ0v) is 19.4. The summed E-state index contributed by atoms with van der Waals surface area (Å²) in [6, 6.07) is 10.2. The maximum atomic E-state index is 5.99. The molecule has 2 aliphatic rings. The third-order valence-electron chi connectivity index (χ3n) is 6.22.